The Bertz CT molecular complexity index is 1050. The Kier molecular flexibility index (Phi) is 4.08. The maximum absolute atomic E-state index is 13.4. The first-order valence-electron chi connectivity index (χ1n) is 9.35. The number of aryl methyl sites for hydroxylation is 2. The van der Waals surface area contributed by atoms with E-state index in [1.165, 1.54) is 22.5 Å². The quantitative estimate of drug-likeness (QED) is 0.845. The first-order chi connectivity index (χ1) is 12.9. The van der Waals surface area contributed by atoms with E-state index in [4.69, 9.17) is 0 Å². The van der Waals surface area contributed by atoms with Crippen molar-refractivity contribution in [2.75, 3.05) is 0 Å². The van der Waals surface area contributed by atoms with Crippen LogP contribution in [0.2, 0.25) is 0 Å². The minimum absolute atomic E-state index is 0.0161. The maximum Gasteiger partial charge on any atom is 0.417 e. The fourth-order valence-electron chi connectivity index (χ4n) is 5.17. The van der Waals surface area contributed by atoms with E-state index < -0.39 is 28.9 Å². The number of hydrogen-bond acceptors (Lipinski definition) is 4. The van der Waals surface area contributed by atoms with Gasteiger partial charge in [-0.25, -0.2) is 9.78 Å². The van der Waals surface area contributed by atoms with Crippen molar-refractivity contribution in [3.8, 4) is 0 Å². The van der Waals surface area contributed by atoms with Crippen LogP contribution in [-0.2, 0) is 20.6 Å². The van der Waals surface area contributed by atoms with Gasteiger partial charge in [0.15, 0.2) is 16.8 Å². The molecule has 0 amide bonds. The minimum Gasteiger partial charge on any atom is -0.380 e. The van der Waals surface area contributed by atoms with Crippen LogP contribution in [-0.4, -0.2) is 35.6 Å². The molecule has 0 bridgehead atoms. The topological polar surface area (TPSA) is 82.1 Å². The molecule has 0 aliphatic heterocycles. The summed E-state index contributed by atoms with van der Waals surface area (Å²) in [7, 11) is 3.17. The molecule has 0 spiro atoms. The van der Waals surface area contributed by atoms with Gasteiger partial charge in [-0.1, -0.05) is 0 Å². The van der Waals surface area contributed by atoms with Gasteiger partial charge in [0, 0.05) is 20.6 Å². The number of aliphatic hydroxyl groups is 1. The third kappa shape index (κ3) is 2.49. The number of rotatable bonds is 3. The Morgan fingerprint density at radius 2 is 1.86 bits per heavy atom. The van der Waals surface area contributed by atoms with Crippen LogP contribution < -0.4 is 11.2 Å². The first kappa shape index (κ1) is 19.2. The Hall–Kier alpha value is -2.10. The van der Waals surface area contributed by atoms with Crippen LogP contribution in [0.1, 0.15) is 26.2 Å². The standard InChI is InChI=1S/C18H23F3N4O3/c1-17(28,18(19,20)21)12-6-9(10-4-5-11(10)12)7-25-15(26)13-14(22-8-23(13)2)24(3)16(25)27/h8-12,28H,4-7H2,1-3H3/t9-,10?,11?,12?,17?/m1/s1. The van der Waals surface area contributed by atoms with Gasteiger partial charge in [0.05, 0.1) is 6.33 Å². The van der Waals surface area contributed by atoms with Crippen molar-refractivity contribution in [1.82, 2.24) is 18.7 Å². The second-order valence-electron chi connectivity index (χ2n) is 8.44. The zero-order valence-corrected chi connectivity index (χ0v) is 15.9. The highest BCUT2D eigenvalue weighted by Gasteiger charge is 2.62. The third-order valence-corrected chi connectivity index (χ3v) is 6.98. The SMILES string of the molecule is Cn1cnc2c1c(=O)n(C[C@H]1CC(C(C)(O)C(F)(F)F)C3CCC31)c(=O)n2C. The largest absolute Gasteiger partial charge is 0.417 e. The predicted octanol–water partition coefficient (Wildman–Crippen LogP) is 1.41. The van der Waals surface area contributed by atoms with E-state index >= 15 is 0 Å². The predicted molar refractivity (Wildman–Crippen MR) is 94.7 cm³/mol. The van der Waals surface area contributed by atoms with Gasteiger partial charge >= 0.3 is 11.9 Å². The van der Waals surface area contributed by atoms with Crippen LogP contribution in [0.25, 0.3) is 11.2 Å². The average molecular weight is 400 g/mol. The molecule has 2 aromatic heterocycles. The second kappa shape index (κ2) is 5.95. The van der Waals surface area contributed by atoms with Gasteiger partial charge in [0.1, 0.15) is 0 Å². The van der Waals surface area contributed by atoms with Gasteiger partial charge in [-0.3, -0.25) is 13.9 Å². The number of imidazole rings is 1. The summed E-state index contributed by atoms with van der Waals surface area (Å²) in [5.41, 5.74) is -3.23. The Morgan fingerprint density at radius 3 is 2.43 bits per heavy atom. The summed E-state index contributed by atoms with van der Waals surface area (Å²) < 4.78 is 44.0. The van der Waals surface area contributed by atoms with Gasteiger partial charge in [-0.15, -0.1) is 0 Å². The molecule has 154 valence electrons. The molecule has 10 heteroatoms. The summed E-state index contributed by atoms with van der Waals surface area (Å²) in [5, 5.41) is 10.2. The van der Waals surface area contributed by atoms with Gasteiger partial charge in [0.25, 0.3) is 5.56 Å². The monoisotopic (exact) mass is 400 g/mol. The lowest BCUT2D eigenvalue weighted by atomic mass is 9.67. The Labute approximate surface area is 158 Å². The van der Waals surface area contributed by atoms with Crippen LogP contribution in [0, 0.1) is 23.7 Å². The van der Waals surface area contributed by atoms with Crippen LogP contribution in [0.4, 0.5) is 13.2 Å². The smallest absolute Gasteiger partial charge is 0.380 e. The van der Waals surface area contributed by atoms with Crippen molar-refractivity contribution in [2.45, 2.75) is 44.5 Å². The molecule has 4 unspecified atom stereocenters. The van der Waals surface area contributed by atoms with E-state index in [1.807, 2.05) is 0 Å². The number of hydrogen-bond donors (Lipinski definition) is 1. The van der Waals surface area contributed by atoms with Crippen molar-refractivity contribution >= 4 is 11.2 Å². The van der Waals surface area contributed by atoms with Gasteiger partial charge < -0.3 is 9.67 Å². The van der Waals surface area contributed by atoms with Crippen molar-refractivity contribution < 1.29 is 18.3 Å². The van der Waals surface area contributed by atoms with Crippen molar-refractivity contribution in [2.24, 2.45) is 37.8 Å². The maximum atomic E-state index is 13.4. The molecule has 2 heterocycles. The van der Waals surface area contributed by atoms with Crippen LogP contribution in [0.5, 0.6) is 0 Å². The highest BCUT2D eigenvalue weighted by Crippen LogP contribution is 2.59. The lowest BCUT2D eigenvalue weighted by Crippen LogP contribution is -2.51. The molecule has 0 saturated heterocycles. The molecule has 0 aromatic carbocycles. The molecule has 7 nitrogen and oxygen atoms in total. The summed E-state index contributed by atoms with van der Waals surface area (Å²) in [5.74, 6) is -1.43. The Morgan fingerprint density at radius 1 is 1.21 bits per heavy atom. The van der Waals surface area contributed by atoms with Crippen LogP contribution >= 0.6 is 0 Å². The fraction of sp³-hybridized carbons (Fsp3) is 0.722. The summed E-state index contributed by atoms with van der Waals surface area (Å²) in [4.78, 5) is 29.6. The van der Waals surface area contributed by atoms with E-state index in [-0.39, 0.29) is 41.9 Å². The molecule has 2 saturated carbocycles. The van der Waals surface area contributed by atoms with E-state index in [1.54, 1.807) is 7.05 Å². The Balaban J connectivity index is 1.71. The number of aromatic nitrogens is 4. The molecule has 5 atom stereocenters. The first-order valence-corrected chi connectivity index (χ1v) is 9.35. The zero-order valence-electron chi connectivity index (χ0n) is 15.9. The number of alkyl halides is 3. The third-order valence-electron chi connectivity index (χ3n) is 6.98. The van der Waals surface area contributed by atoms with E-state index in [9.17, 15) is 27.9 Å². The molecule has 2 fully saturated rings. The molecule has 2 aliphatic rings. The lowest BCUT2D eigenvalue weighted by Gasteiger charge is -2.42. The number of fused-ring (bicyclic) bond motifs is 2. The molecular weight excluding hydrogens is 377 g/mol. The van der Waals surface area contributed by atoms with Crippen LogP contribution in [0.15, 0.2) is 15.9 Å². The van der Waals surface area contributed by atoms with Crippen LogP contribution in [0.3, 0.4) is 0 Å². The average Bonchev–Trinajstić information content (AvgIpc) is 3.06. The second-order valence-corrected chi connectivity index (χ2v) is 8.44. The van der Waals surface area contributed by atoms with Crippen molar-refractivity contribution in [1.29, 1.82) is 0 Å². The molecule has 2 aromatic rings. The van der Waals surface area contributed by atoms with Crippen molar-refractivity contribution in [3.63, 3.8) is 0 Å². The lowest BCUT2D eigenvalue weighted by molar-refractivity contribution is -0.278. The highest BCUT2D eigenvalue weighted by molar-refractivity contribution is 5.69. The minimum atomic E-state index is -4.71. The van der Waals surface area contributed by atoms with E-state index in [2.05, 4.69) is 4.98 Å². The summed E-state index contributed by atoms with van der Waals surface area (Å²) in [6.07, 6.45) is -1.74. The molecule has 28 heavy (non-hydrogen) atoms. The molecule has 1 N–H and O–H groups in total. The summed E-state index contributed by atoms with van der Waals surface area (Å²) in [6, 6.07) is 0. The normalized spacial score (nSPS) is 29.5. The molecule has 0 radical (unpaired) electrons. The van der Waals surface area contributed by atoms with Gasteiger partial charge in [-0.2, -0.15) is 13.2 Å². The summed E-state index contributed by atoms with van der Waals surface area (Å²) >= 11 is 0. The van der Waals surface area contributed by atoms with Gasteiger partial charge in [-0.05, 0) is 49.9 Å². The van der Waals surface area contributed by atoms with Crippen molar-refractivity contribution in [3.05, 3.63) is 27.2 Å². The summed E-state index contributed by atoms with van der Waals surface area (Å²) in [6.45, 7) is 0.889. The molecule has 2 aliphatic carbocycles. The molecule has 4 rings (SSSR count). The number of halogens is 3. The molecular formula is C18H23F3N4O3. The fourth-order valence-corrected chi connectivity index (χ4v) is 5.17. The van der Waals surface area contributed by atoms with E-state index in [0.717, 1.165) is 17.9 Å². The van der Waals surface area contributed by atoms with Gasteiger partial charge in [0.2, 0.25) is 0 Å². The van der Waals surface area contributed by atoms with E-state index in [0.29, 0.717) is 6.42 Å². The highest BCUT2D eigenvalue weighted by atomic mass is 19.4. The number of nitrogens with zero attached hydrogens (tertiary/aromatic N) is 4. The zero-order chi connectivity index (χ0) is 20.6.